The van der Waals surface area contributed by atoms with Crippen LogP contribution in [-0.4, -0.2) is 46.4 Å². The van der Waals surface area contributed by atoms with Crippen molar-refractivity contribution < 1.29 is 33.2 Å². The zero-order chi connectivity index (χ0) is 28.4. The highest BCUT2D eigenvalue weighted by molar-refractivity contribution is 6.07. The molecule has 208 valence electrons. The van der Waals surface area contributed by atoms with Crippen LogP contribution >= 0.6 is 0 Å². The highest BCUT2D eigenvalue weighted by atomic mass is 16.5. The Labute approximate surface area is 234 Å². The van der Waals surface area contributed by atoms with Crippen LogP contribution in [0.5, 0.6) is 34.5 Å². The molecule has 0 fully saturated rings. The molecule has 2 aliphatic rings. The van der Waals surface area contributed by atoms with Gasteiger partial charge in [-0.05, 0) is 80.5 Å². The maximum absolute atomic E-state index is 13.1. The van der Waals surface area contributed by atoms with Crippen molar-refractivity contribution >= 4 is 17.9 Å². The normalized spacial score (nSPS) is 16.8. The fourth-order valence-corrected chi connectivity index (χ4v) is 5.16. The number of benzene rings is 3. The summed E-state index contributed by atoms with van der Waals surface area (Å²) in [4.78, 5) is 13.1. The third-order valence-electron chi connectivity index (χ3n) is 7.25. The zero-order valence-corrected chi connectivity index (χ0v) is 23.7. The molecule has 0 amide bonds. The standard InChI is InChI=1S/C33H34O7/c1-33(2)14-13-26-31-22(16-23(19-39-31)25-10-9-24(35-3)18-29(25)37-5)15-21(32(26)40-33)7-11-27(34)20-8-12-28(36-4)30(17-20)38-6/h7-15,17-18,23H,16,19H2,1-6H3/b11-7+/t23-/m0/s1. The Bertz CT molecular complexity index is 1500. The molecule has 7 heteroatoms. The minimum Gasteiger partial charge on any atom is -0.497 e. The summed E-state index contributed by atoms with van der Waals surface area (Å²) < 4.78 is 34.5. The third kappa shape index (κ3) is 5.24. The van der Waals surface area contributed by atoms with Crippen molar-refractivity contribution in [1.82, 2.24) is 0 Å². The van der Waals surface area contributed by atoms with Gasteiger partial charge in [-0.2, -0.15) is 0 Å². The Morgan fingerprint density at radius 3 is 2.40 bits per heavy atom. The topological polar surface area (TPSA) is 72.5 Å². The molecule has 0 N–H and O–H groups in total. The lowest BCUT2D eigenvalue weighted by atomic mass is 9.86. The van der Waals surface area contributed by atoms with E-state index in [9.17, 15) is 4.79 Å². The number of hydrogen-bond donors (Lipinski definition) is 0. The van der Waals surface area contributed by atoms with Gasteiger partial charge in [0.15, 0.2) is 17.3 Å². The lowest BCUT2D eigenvalue weighted by Gasteiger charge is -2.34. The average Bonchev–Trinajstić information content (AvgIpc) is 2.98. The molecule has 0 aromatic heterocycles. The Morgan fingerprint density at radius 2 is 1.68 bits per heavy atom. The number of ether oxygens (including phenoxy) is 6. The first-order valence-electron chi connectivity index (χ1n) is 13.1. The Hall–Kier alpha value is -4.39. The SMILES string of the molecule is COc1ccc([C@@H]2COc3c(cc(/C=C/C(=O)c4ccc(OC)c(OC)c4)c4c3C=CC(C)(C)O4)C2)c(OC)c1. The molecular formula is C33H34O7. The van der Waals surface area contributed by atoms with Crippen molar-refractivity contribution in [1.29, 1.82) is 0 Å². The second-order valence-corrected chi connectivity index (χ2v) is 10.3. The summed E-state index contributed by atoms with van der Waals surface area (Å²) in [5, 5.41) is 0. The lowest BCUT2D eigenvalue weighted by Crippen LogP contribution is -2.29. The van der Waals surface area contributed by atoms with Gasteiger partial charge in [0.2, 0.25) is 0 Å². The van der Waals surface area contributed by atoms with Gasteiger partial charge in [0.1, 0.15) is 28.6 Å². The number of allylic oxidation sites excluding steroid dienone is 1. The second kappa shape index (κ2) is 11.0. The first-order valence-corrected chi connectivity index (χ1v) is 13.1. The fraction of sp³-hybridized carbons (Fsp3) is 0.303. The van der Waals surface area contributed by atoms with Crippen LogP contribution in [-0.2, 0) is 6.42 Å². The Kier molecular flexibility index (Phi) is 7.48. The summed E-state index contributed by atoms with van der Waals surface area (Å²) in [5.41, 5.74) is 3.79. The number of carbonyl (C=O) groups is 1. The van der Waals surface area contributed by atoms with Crippen molar-refractivity contribution in [3.05, 3.63) is 82.4 Å². The molecule has 7 nitrogen and oxygen atoms in total. The molecule has 3 aromatic carbocycles. The van der Waals surface area contributed by atoms with E-state index < -0.39 is 5.60 Å². The van der Waals surface area contributed by atoms with Crippen LogP contribution in [0.2, 0.25) is 0 Å². The summed E-state index contributed by atoms with van der Waals surface area (Å²) in [6, 6.07) is 13.0. The molecule has 0 radical (unpaired) electrons. The van der Waals surface area contributed by atoms with Gasteiger partial charge in [-0.1, -0.05) is 6.07 Å². The maximum Gasteiger partial charge on any atom is 0.185 e. The average molecular weight is 543 g/mol. The first-order chi connectivity index (χ1) is 19.3. The molecule has 2 heterocycles. The molecule has 2 aliphatic heterocycles. The van der Waals surface area contributed by atoms with E-state index in [0.29, 0.717) is 29.4 Å². The van der Waals surface area contributed by atoms with Gasteiger partial charge in [-0.3, -0.25) is 4.79 Å². The van der Waals surface area contributed by atoms with Crippen LogP contribution in [0.3, 0.4) is 0 Å². The smallest absolute Gasteiger partial charge is 0.185 e. The second-order valence-electron chi connectivity index (χ2n) is 10.3. The van der Waals surface area contributed by atoms with Gasteiger partial charge in [0, 0.05) is 28.7 Å². The van der Waals surface area contributed by atoms with E-state index in [1.165, 1.54) is 0 Å². The van der Waals surface area contributed by atoms with Crippen molar-refractivity contribution in [3.8, 4) is 34.5 Å². The van der Waals surface area contributed by atoms with E-state index >= 15 is 0 Å². The van der Waals surface area contributed by atoms with E-state index in [0.717, 1.165) is 45.9 Å². The number of ketones is 1. The number of methoxy groups -OCH3 is 4. The summed E-state index contributed by atoms with van der Waals surface area (Å²) in [6.45, 7) is 4.51. The van der Waals surface area contributed by atoms with Gasteiger partial charge < -0.3 is 28.4 Å². The van der Waals surface area contributed by atoms with Crippen molar-refractivity contribution in [2.24, 2.45) is 0 Å². The first kappa shape index (κ1) is 27.2. The molecule has 0 unspecified atom stereocenters. The predicted molar refractivity (Wildman–Crippen MR) is 155 cm³/mol. The summed E-state index contributed by atoms with van der Waals surface area (Å²) in [7, 11) is 6.41. The van der Waals surface area contributed by atoms with Gasteiger partial charge in [0.05, 0.1) is 40.6 Å². The van der Waals surface area contributed by atoms with E-state index in [4.69, 9.17) is 28.4 Å². The highest BCUT2D eigenvalue weighted by Crippen LogP contribution is 2.47. The van der Waals surface area contributed by atoms with Crippen LogP contribution in [0.15, 0.2) is 54.6 Å². The quantitative estimate of drug-likeness (QED) is 0.237. The number of rotatable bonds is 8. The van der Waals surface area contributed by atoms with Crippen LogP contribution in [0, 0.1) is 0 Å². The summed E-state index contributed by atoms with van der Waals surface area (Å²) >= 11 is 0. The van der Waals surface area contributed by atoms with Crippen molar-refractivity contribution in [2.45, 2.75) is 31.8 Å². The van der Waals surface area contributed by atoms with E-state index in [1.807, 2.05) is 44.2 Å². The van der Waals surface area contributed by atoms with Crippen LogP contribution < -0.4 is 28.4 Å². The van der Waals surface area contributed by atoms with Crippen molar-refractivity contribution in [2.75, 3.05) is 35.0 Å². The van der Waals surface area contributed by atoms with Gasteiger partial charge >= 0.3 is 0 Å². The monoisotopic (exact) mass is 542 g/mol. The number of fused-ring (bicyclic) bond motifs is 3. The molecule has 0 aliphatic carbocycles. The highest BCUT2D eigenvalue weighted by Gasteiger charge is 2.32. The number of hydrogen-bond acceptors (Lipinski definition) is 7. The minimum atomic E-state index is -0.495. The maximum atomic E-state index is 13.1. The van der Waals surface area contributed by atoms with Gasteiger partial charge in [0.25, 0.3) is 0 Å². The molecule has 40 heavy (non-hydrogen) atoms. The summed E-state index contributed by atoms with van der Waals surface area (Å²) in [5.74, 6) is 4.01. The van der Waals surface area contributed by atoms with E-state index in [1.54, 1.807) is 52.7 Å². The molecule has 5 rings (SSSR count). The largest absolute Gasteiger partial charge is 0.497 e. The summed E-state index contributed by atoms with van der Waals surface area (Å²) in [6.07, 6.45) is 8.20. The third-order valence-corrected chi connectivity index (χ3v) is 7.25. The number of carbonyl (C=O) groups excluding carboxylic acids is 1. The molecule has 1 atom stereocenters. The molecule has 0 spiro atoms. The fourth-order valence-electron chi connectivity index (χ4n) is 5.16. The molecule has 0 saturated carbocycles. The van der Waals surface area contributed by atoms with Gasteiger partial charge in [-0.15, -0.1) is 0 Å². The van der Waals surface area contributed by atoms with Crippen LogP contribution in [0.1, 0.15) is 52.4 Å². The molecule has 0 bridgehead atoms. The minimum absolute atomic E-state index is 0.0848. The molecular weight excluding hydrogens is 508 g/mol. The Morgan fingerprint density at radius 1 is 0.900 bits per heavy atom. The van der Waals surface area contributed by atoms with Crippen LogP contribution in [0.4, 0.5) is 0 Å². The Balaban J connectivity index is 1.51. The van der Waals surface area contributed by atoms with Crippen LogP contribution in [0.25, 0.3) is 12.2 Å². The predicted octanol–water partition coefficient (Wildman–Crippen LogP) is 6.52. The molecule has 3 aromatic rings. The molecule has 0 saturated heterocycles. The van der Waals surface area contributed by atoms with Crippen molar-refractivity contribution in [3.63, 3.8) is 0 Å². The lowest BCUT2D eigenvalue weighted by molar-refractivity contribution is 0.104. The van der Waals surface area contributed by atoms with Gasteiger partial charge in [-0.25, -0.2) is 0 Å². The zero-order valence-electron chi connectivity index (χ0n) is 23.7. The van der Waals surface area contributed by atoms with E-state index in [2.05, 4.69) is 12.1 Å². The van der Waals surface area contributed by atoms with E-state index in [-0.39, 0.29) is 11.7 Å².